The van der Waals surface area contributed by atoms with Gasteiger partial charge < -0.3 is 9.47 Å². The SMILES string of the molecule is O=C1/C(=C/c2ccc(Br)cc2)SC(=S)N1c1ccc2c(c1)OCCO2. The molecule has 0 spiro atoms. The molecule has 2 heterocycles. The van der Waals surface area contributed by atoms with Crippen molar-refractivity contribution in [3.05, 3.63) is 57.4 Å². The molecule has 4 nitrogen and oxygen atoms in total. The third-order valence-corrected chi connectivity index (χ3v) is 5.58. The standard InChI is InChI=1S/C18H12BrNO3S2/c19-12-3-1-11(2-4-12)9-16-17(21)20(18(24)25-16)13-5-6-14-15(10-13)23-8-7-22-14/h1-6,9-10H,7-8H2/b16-9-. The van der Waals surface area contributed by atoms with Crippen molar-refractivity contribution in [1.29, 1.82) is 0 Å². The first kappa shape index (κ1) is 16.6. The van der Waals surface area contributed by atoms with E-state index in [4.69, 9.17) is 21.7 Å². The molecule has 0 bridgehead atoms. The molecule has 2 aromatic carbocycles. The number of halogens is 1. The number of hydrogen-bond donors (Lipinski definition) is 0. The van der Waals surface area contributed by atoms with Crippen molar-refractivity contribution in [2.24, 2.45) is 0 Å². The normalized spacial score (nSPS) is 18.1. The first-order chi connectivity index (χ1) is 12.1. The van der Waals surface area contributed by atoms with Crippen LogP contribution in [0.25, 0.3) is 6.08 Å². The molecule has 0 saturated carbocycles. The second kappa shape index (κ2) is 6.82. The maximum Gasteiger partial charge on any atom is 0.270 e. The fourth-order valence-corrected chi connectivity index (χ4v) is 4.14. The molecule has 1 fully saturated rings. The molecule has 2 aliphatic rings. The second-order valence-electron chi connectivity index (χ2n) is 5.40. The highest BCUT2D eigenvalue weighted by atomic mass is 79.9. The van der Waals surface area contributed by atoms with E-state index in [1.54, 1.807) is 12.1 Å². The lowest BCUT2D eigenvalue weighted by Gasteiger charge is -2.21. The van der Waals surface area contributed by atoms with E-state index in [1.807, 2.05) is 36.4 Å². The number of carbonyl (C=O) groups excluding carboxylic acids is 1. The summed E-state index contributed by atoms with van der Waals surface area (Å²) in [5.74, 6) is 1.19. The van der Waals surface area contributed by atoms with E-state index >= 15 is 0 Å². The third-order valence-electron chi connectivity index (χ3n) is 3.75. The van der Waals surface area contributed by atoms with Gasteiger partial charge in [0.05, 0.1) is 10.6 Å². The van der Waals surface area contributed by atoms with Gasteiger partial charge in [0.25, 0.3) is 5.91 Å². The van der Waals surface area contributed by atoms with Crippen molar-refractivity contribution in [1.82, 2.24) is 0 Å². The minimum absolute atomic E-state index is 0.130. The van der Waals surface area contributed by atoms with E-state index in [0.717, 1.165) is 10.0 Å². The number of thiocarbonyl (C=S) groups is 1. The van der Waals surface area contributed by atoms with Crippen LogP contribution < -0.4 is 14.4 Å². The number of amides is 1. The Morgan fingerprint density at radius 2 is 1.80 bits per heavy atom. The van der Waals surface area contributed by atoms with Crippen LogP contribution in [0, 0.1) is 0 Å². The van der Waals surface area contributed by atoms with Gasteiger partial charge >= 0.3 is 0 Å². The topological polar surface area (TPSA) is 38.8 Å². The maximum atomic E-state index is 12.8. The van der Waals surface area contributed by atoms with Crippen LogP contribution in [-0.4, -0.2) is 23.4 Å². The highest BCUT2D eigenvalue weighted by Crippen LogP contribution is 2.40. The average Bonchev–Trinajstić information content (AvgIpc) is 2.90. The van der Waals surface area contributed by atoms with Crippen molar-refractivity contribution in [2.45, 2.75) is 0 Å². The van der Waals surface area contributed by atoms with E-state index in [1.165, 1.54) is 16.7 Å². The Balaban J connectivity index is 1.64. The molecule has 0 aromatic heterocycles. The average molecular weight is 434 g/mol. The van der Waals surface area contributed by atoms with Gasteiger partial charge in [-0.2, -0.15) is 0 Å². The molecule has 7 heteroatoms. The van der Waals surface area contributed by atoms with Gasteiger partial charge in [0, 0.05) is 10.5 Å². The molecule has 0 radical (unpaired) electrons. The number of carbonyl (C=O) groups is 1. The highest BCUT2D eigenvalue weighted by Gasteiger charge is 2.34. The molecule has 1 amide bonds. The Morgan fingerprint density at radius 1 is 1.08 bits per heavy atom. The summed E-state index contributed by atoms with van der Waals surface area (Å²) < 4.78 is 12.6. The first-order valence-electron chi connectivity index (χ1n) is 7.55. The zero-order valence-corrected chi connectivity index (χ0v) is 16.1. The molecule has 1 saturated heterocycles. The van der Waals surface area contributed by atoms with Crippen molar-refractivity contribution in [3.63, 3.8) is 0 Å². The van der Waals surface area contributed by atoms with Crippen LogP contribution in [-0.2, 0) is 4.79 Å². The Kier molecular flexibility index (Phi) is 4.54. The van der Waals surface area contributed by atoms with Gasteiger partial charge in [0.1, 0.15) is 13.2 Å². The number of nitrogens with zero attached hydrogens (tertiary/aromatic N) is 1. The summed E-state index contributed by atoms with van der Waals surface area (Å²) in [6.45, 7) is 1.03. The van der Waals surface area contributed by atoms with Crippen molar-refractivity contribution < 1.29 is 14.3 Å². The maximum absolute atomic E-state index is 12.8. The number of hydrogen-bond acceptors (Lipinski definition) is 5. The van der Waals surface area contributed by atoms with E-state index in [9.17, 15) is 4.79 Å². The summed E-state index contributed by atoms with van der Waals surface area (Å²) >= 11 is 10.1. The van der Waals surface area contributed by atoms with Gasteiger partial charge in [-0.1, -0.05) is 52.0 Å². The number of ether oxygens (including phenoxy) is 2. The first-order valence-corrected chi connectivity index (χ1v) is 9.57. The summed E-state index contributed by atoms with van der Waals surface area (Å²) in [6.07, 6.45) is 1.85. The molecule has 0 aliphatic carbocycles. The Morgan fingerprint density at radius 3 is 2.56 bits per heavy atom. The molecular weight excluding hydrogens is 422 g/mol. The van der Waals surface area contributed by atoms with Gasteiger partial charge in [-0.15, -0.1) is 0 Å². The predicted octanol–water partition coefficient (Wildman–Crippen LogP) is 4.63. The van der Waals surface area contributed by atoms with E-state index < -0.39 is 0 Å². The van der Waals surface area contributed by atoms with Gasteiger partial charge in [0.2, 0.25) is 0 Å². The Hall–Kier alpha value is -1.83. The molecule has 0 unspecified atom stereocenters. The number of thioether (sulfide) groups is 1. The lowest BCUT2D eigenvalue weighted by atomic mass is 10.2. The number of rotatable bonds is 2. The summed E-state index contributed by atoms with van der Waals surface area (Å²) in [5.41, 5.74) is 1.64. The van der Waals surface area contributed by atoms with E-state index in [2.05, 4.69) is 15.9 Å². The summed E-state index contributed by atoms with van der Waals surface area (Å²) in [7, 11) is 0. The second-order valence-corrected chi connectivity index (χ2v) is 7.99. The molecule has 0 atom stereocenters. The van der Waals surface area contributed by atoms with Crippen LogP contribution in [0.1, 0.15) is 5.56 Å². The van der Waals surface area contributed by atoms with Crippen LogP contribution in [0.2, 0.25) is 0 Å². The lowest BCUT2D eigenvalue weighted by Crippen LogP contribution is -2.27. The molecule has 126 valence electrons. The number of anilines is 1. The van der Waals surface area contributed by atoms with Crippen molar-refractivity contribution in [2.75, 3.05) is 18.1 Å². The largest absolute Gasteiger partial charge is 0.486 e. The molecule has 2 aromatic rings. The van der Waals surface area contributed by atoms with Gasteiger partial charge in [-0.25, -0.2) is 0 Å². The van der Waals surface area contributed by atoms with Crippen LogP contribution >= 0.6 is 39.9 Å². The van der Waals surface area contributed by atoms with Crippen LogP contribution in [0.5, 0.6) is 11.5 Å². The quantitative estimate of drug-likeness (QED) is 0.509. The van der Waals surface area contributed by atoms with Crippen LogP contribution in [0.3, 0.4) is 0 Å². The molecule has 4 rings (SSSR count). The minimum Gasteiger partial charge on any atom is -0.486 e. The zero-order chi connectivity index (χ0) is 17.4. The van der Waals surface area contributed by atoms with Crippen LogP contribution in [0.15, 0.2) is 51.8 Å². The van der Waals surface area contributed by atoms with Gasteiger partial charge in [-0.3, -0.25) is 9.69 Å². The minimum atomic E-state index is -0.130. The number of fused-ring (bicyclic) bond motifs is 1. The highest BCUT2D eigenvalue weighted by molar-refractivity contribution is 9.10. The predicted molar refractivity (Wildman–Crippen MR) is 107 cm³/mol. The Bertz CT molecular complexity index is 896. The molecule has 0 N–H and O–H groups in total. The fourth-order valence-electron chi connectivity index (χ4n) is 2.57. The third kappa shape index (κ3) is 3.31. The summed E-state index contributed by atoms with van der Waals surface area (Å²) in [5, 5.41) is 0. The van der Waals surface area contributed by atoms with Crippen LogP contribution in [0.4, 0.5) is 5.69 Å². The van der Waals surface area contributed by atoms with Gasteiger partial charge in [0.15, 0.2) is 15.8 Å². The van der Waals surface area contributed by atoms with E-state index in [0.29, 0.717) is 39.6 Å². The Labute approximate surface area is 162 Å². The molecule has 25 heavy (non-hydrogen) atoms. The fraction of sp³-hybridized carbons (Fsp3) is 0.111. The lowest BCUT2D eigenvalue weighted by molar-refractivity contribution is -0.113. The monoisotopic (exact) mass is 433 g/mol. The smallest absolute Gasteiger partial charge is 0.270 e. The molecular formula is C18H12BrNO3S2. The van der Waals surface area contributed by atoms with Gasteiger partial charge in [-0.05, 0) is 35.9 Å². The molecule has 2 aliphatic heterocycles. The number of benzene rings is 2. The van der Waals surface area contributed by atoms with Crippen molar-refractivity contribution >= 4 is 61.9 Å². The van der Waals surface area contributed by atoms with Crippen molar-refractivity contribution in [3.8, 4) is 11.5 Å². The summed E-state index contributed by atoms with van der Waals surface area (Å²) in [4.78, 5) is 15.0. The summed E-state index contributed by atoms with van der Waals surface area (Å²) in [6, 6.07) is 13.2. The van der Waals surface area contributed by atoms with E-state index in [-0.39, 0.29) is 5.91 Å². The zero-order valence-electron chi connectivity index (χ0n) is 12.9.